The summed E-state index contributed by atoms with van der Waals surface area (Å²) in [5.41, 5.74) is 0. The van der Waals surface area contributed by atoms with Gasteiger partial charge in [-0.25, -0.2) is 9.13 Å². The summed E-state index contributed by atoms with van der Waals surface area (Å²) in [6, 6.07) is 0. The number of hydrogen-bond donors (Lipinski definition) is 3. The largest absolute Gasteiger partial charge is 0.472 e. The van der Waals surface area contributed by atoms with Crippen LogP contribution in [0, 0.1) is 23.7 Å². The molecule has 0 rings (SSSR count). The summed E-state index contributed by atoms with van der Waals surface area (Å²) in [5, 5.41) is 10.5. The molecule has 0 bridgehead atoms. The van der Waals surface area contributed by atoms with E-state index in [2.05, 4.69) is 55.4 Å². The molecule has 0 aromatic rings. The standard InChI is InChI=1S/C63H122O17P2/c1-53(2)39-31-23-15-10-9-11-19-29-37-45-62(67)79-59(50-74-61(66)44-36-28-22-21-26-34-42-56(7)8)52-78-82(71,72)76-48-57(64)47-75-81(69,70)77-51-58(80-63(68)46-38-30-20-14-17-25-33-41-55(5)6)49-73-60(65)43-35-27-18-13-12-16-24-32-40-54(3)4/h53-59,64H,9-52H2,1-8H3,(H,69,70)(H,71,72)/t57-,58-,59-/m1/s1. The smallest absolute Gasteiger partial charge is 0.462 e. The zero-order valence-electron chi connectivity index (χ0n) is 53.1. The van der Waals surface area contributed by atoms with Crippen molar-refractivity contribution in [3.05, 3.63) is 0 Å². The van der Waals surface area contributed by atoms with E-state index in [4.69, 9.17) is 37.0 Å². The Morgan fingerprint density at radius 1 is 0.305 bits per heavy atom. The summed E-state index contributed by atoms with van der Waals surface area (Å²) in [6.45, 7) is 13.9. The molecule has 0 radical (unpaired) electrons. The molecule has 0 aromatic heterocycles. The van der Waals surface area contributed by atoms with Crippen molar-refractivity contribution < 1.29 is 80.2 Å². The molecule has 0 aliphatic rings. The number of carbonyl (C=O) groups is 4. The third kappa shape index (κ3) is 57.2. The van der Waals surface area contributed by atoms with Gasteiger partial charge in [-0.3, -0.25) is 37.3 Å². The maximum Gasteiger partial charge on any atom is 0.472 e. The molecular formula is C63H122O17P2. The van der Waals surface area contributed by atoms with Crippen LogP contribution < -0.4 is 0 Å². The number of rotatable bonds is 60. The van der Waals surface area contributed by atoms with Crippen molar-refractivity contribution in [3.8, 4) is 0 Å². The first-order valence-electron chi connectivity index (χ1n) is 32.7. The van der Waals surface area contributed by atoms with Gasteiger partial charge in [0, 0.05) is 25.7 Å². The average Bonchev–Trinajstić information content (AvgIpc) is 3.43. The fourth-order valence-electron chi connectivity index (χ4n) is 9.25. The van der Waals surface area contributed by atoms with Crippen LogP contribution in [-0.4, -0.2) is 96.7 Å². The molecule has 2 unspecified atom stereocenters. The van der Waals surface area contributed by atoms with Gasteiger partial charge in [-0.2, -0.15) is 0 Å². The highest BCUT2D eigenvalue weighted by Crippen LogP contribution is 2.45. The third-order valence-electron chi connectivity index (χ3n) is 14.3. The van der Waals surface area contributed by atoms with Crippen molar-refractivity contribution in [1.29, 1.82) is 0 Å². The quantitative estimate of drug-likeness (QED) is 0.0222. The zero-order chi connectivity index (χ0) is 61.1. The van der Waals surface area contributed by atoms with Gasteiger partial charge < -0.3 is 33.8 Å². The lowest BCUT2D eigenvalue weighted by molar-refractivity contribution is -0.161. The van der Waals surface area contributed by atoms with E-state index in [0.717, 1.165) is 108 Å². The molecule has 19 heteroatoms. The number of esters is 4. The van der Waals surface area contributed by atoms with Crippen LogP contribution in [-0.2, 0) is 65.4 Å². The van der Waals surface area contributed by atoms with E-state index in [0.29, 0.717) is 37.5 Å². The fourth-order valence-corrected chi connectivity index (χ4v) is 10.8. The summed E-state index contributed by atoms with van der Waals surface area (Å²) < 4.78 is 67.9. The van der Waals surface area contributed by atoms with E-state index < -0.39 is 97.5 Å². The van der Waals surface area contributed by atoms with Gasteiger partial charge in [0.15, 0.2) is 12.2 Å². The van der Waals surface area contributed by atoms with E-state index in [1.165, 1.54) is 96.3 Å². The Kier molecular flexibility index (Phi) is 52.0. The normalized spacial score (nSPS) is 14.5. The van der Waals surface area contributed by atoms with Gasteiger partial charge in [-0.15, -0.1) is 0 Å². The second-order valence-corrected chi connectivity index (χ2v) is 27.6. The van der Waals surface area contributed by atoms with Crippen LogP contribution in [0.15, 0.2) is 0 Å². The van der Waals surface area contributed by atoms with Crippen molar-refractivity contribution >= 4 is 39.5 Å². The predicted molar refractivity (Wildman–Crippen MR) is 326 cm³/mol. The third-order valence-corrected chi connectivity index (χ3v) is 16.2. The van der Waals surface area contributed by atoms with Gasteiger partial charge >= 0.3 is 39.5 Å². The van der Waals surface area contributed by atoms with Gasteiger partial charge in [-0.1, -0.05) is 248 Å². The number of ether oxygens (including phenoxy) is 4. The molecule has 0 fully saturated rings. The molecule has 0 aliphatic heterocycles. The Morgan fingerprint density at radius 2 is 0.512 bits per heavy atom. The van der Waals surface area contributed by atoms with Crippen molar-refractivity contribution in [3.63, 3.8) is 0 Å². The highest BCUT2D eigenvalue weighted by atomic mass is 31.2. The number of unbranched alkanes of at least 4 members (excludes halogenated alkanes) is 26. The molecule has 0 aromatic carbocycles. The first-order valence-corrected chi connectivity index (χ1v) is 35.7. The van der Waals surface area contributed by atoms with Crippen LogP contribution in [0.4, 0.5) is 0 Å². The number of phosphoric acid groups is 2. The molecule has 0 saturated carbocycles. The first kappa shape index (κ1) is 80.1. The van der Waals surface area contributed by atoms with Crippen LogP contribution in [0.5, 0.6) is 0 Å². The molecule has 5 atom stereocenters. The summed E-state index contributed by atoms with van der Waals surface area (Å²) >= 11 is 0. The highest BCUT2D eigenvalue weighted by molar-refractivity contribution is 7.47. The topological polar surface area (TPSA) is 237 Å². The molecule has 0 heterocycles. The summed E-state index contributed by atoms with van der Waals surface area (Å²) in [4.78, 5) is 72.1. The van der Waals surface area contributed by atoms with Gasteiger partial charge in [-0.05, 0) is 49.4 Å². The summed E-state index contributed by atoms with van der Waals surface area (Å²) in [6.07, 6.45) is 32.4. The Labute approximate surface area is 498 Å². The molecule has 0 spiro atoms. The van der Waals surface area contributed by atoms with E-state index >= 15 is 0 Å². The van der Waals surface area contributed by atoms with Crippen LogP contribution in [0.2, 0.25) is 0 Å². The van der Waals surface area contributed by atoms with Crippen LogP contribution in [0.25, 0.3) is 0 Å². The maximum absolute atomic E-state index is 12.9. The lowest BCUT2D eigenvalue weighted by atomic mass is 10.0. The Morgan fingerprint density at radius 3 is 0.756 bits per heavy atom. The van der Waals surface area contributed by atoms with Crippen LogP contribution in [0.3, 0.4) is 0 Å². The average molecular weight is 1210 g/mol. The lowest BCUT2D eigenvalue weighted by Crippen LogP contribution is -2.30. The van der Waals surface area contributed by atoms with E-state index in [1.807, 2.05) is 0 Å². The second kappa shape index (κ2) is 53.3. The van der Waals surface area contributed by atoms with Crippen LogP contribution in [0.1, 0.15) is 299 Å². The van der Waals surface area contributed by atoms with Crippen molar-refractivity contribution in [2.75, 3.05) is 39.6 Å². The Balaban J connectivity index is 5.25. The van der Waals surface area contributed by atoms with Crippen molar-refractivity contribution in [2.45, 2.75) is 318 Å². The minimum Gasteiger partial charge on any atom is -0.462 e. The number of carbonyl (C=O) groups excluding carboxylic acids is 4. The lowest BCUT2D eigenvalue weighted by Gasteiger charge is -2.21. The van der Waals surface area contributed by atoms with Gasteiger partial charge in [0.1, 0.15) is 19.3 Å². The SMILES string of the molecule is CC(C)CCCCCCCCCCCC(=O)O[C@H](COC(=O)CCCCCCCCC(C)C)COP(=O)(O)OC[C@H](O)COP(=O)(O)OC[C@@H](COC(=O)CCCCCCCCCCC(C)C)OC(=O)CCCCCCCCCC(C)C. The fraction of sp³-hybridized carbons (Fsp3) is 0.937. The molecule has 17 nitrogen and oxygen atoms in total. The van der Waals surface area contributed by atoms with Gasteiger partial charge in [0.05, 0.1) is 26.4 Å². The van der Waals surface area contributed by atoms with Crippen molar-refractivity contribution in [2.24, 2.45) is 23.7 Å². The number of aliphatic hydroxyl groups excluding tert-OH is 1. The molecule has 0 amide bonds. The second-order valence-electron chi connectivity index (χ2n) is 24.7. The molecule has 0 aliphatic carbocycles. The number of phosphoric ester groups is 2. The van der Waals surface area contributed by atoms with Gasteiger partial charge in [0.25, 0.3) is 0 Å². The molecule has 486 valence electrons. The highest BCUT2D eigenvalue weighted by Gasteiger charge is 2.30. The molecule has 0 saturated heterocycles. The summed E-state index contributed by atoms with van der Waals surface area (Å²) in [7, 11) is -9.89. The van der Waals surface area contributed by atoms with E-state index in [9.17, 15) is 43.2 Å². The number of aliphatic hydroxyl groups is 1. The minimum absolute atomic E-state index is 0.102. The predicted octanol–water partition coefficient (Wildman–Crippen LogP) is 17.0. The Hall–Kier alpha value is -1.94. The molecule has 3 N–H and O–H groups in total. The number of hydrogen-bond acceptors (Lipinski definition) is 15. The van der Waals surface area contributed by atoms with Crippen LogP contribution >= 0.6 is 15.6 Å². The monoisotopic (exact) mass is 1210 g/mol. The molecular weight excluding hydrogens is 1090 g/mol. The van der Waals surface area contributed by atoms with E-state index in [1.54, 1.807) is 0 Å². The Bertz CT molecular complexity index is 1610. The summed E-state index contributed by atoms with van der Waals surface area (Å²) in [5.74, 6) is 0.694. The zero-order valence-corrected chi connectivity index (χ0v) is 54.9. The first-order chi connectivity index (χ1) is 39.1. The maximum atomic E-state index is 12.9. The minimum atomic E-state index is -4.94. The van der Waals surface area contributed by atoms with Crippen molar-refractivity contribution in [1.82, 2.24) is 0 Å². The molecule has 82 heavy (non-hydrogen) atoms. The van der Waals surface area contributed by atoms with E-state index in [-0.39, 0.29) is 25.7 Å². The van der Waals surface area contributed by atoms with Gasteiger partial charge in [0.2, 0.25) is 0 Å².